The predicted molar refractivity (Wildman–Crippen MR) is 113 cm³/mol. The second-order valence-electron chi connectivity index (χ2n) is 7.58. The van der Waals surface area contributed by atoms with Crippen molar-refractivity contribution in [2.75, 3.05) is 5.32 Å². The zero-order chi connectivity index (χ0) is 21.2. The van der Waals surface area contributed by atoms with Crippen LogP contribution in [0.3, 0.4) is 0 Å². The summed E-state index contributed by atoms with van der Waals surface area (Å²) in [5.41, 5.74) is 3.19. The minimum atomic E-state index is -0.273. The maximum Gasteiger partial charge on any atom is 0.298 e. The van der Waals surface area contributed by atoms with Crippen molar-refractivity contribution in [1.29, 1.82) is 0 Å². The maximum atomic E-state index is 13.7. The summed E-state index contributed by atoms with van der Waals surface area (Å²) in [5.74, 6) is 0.933. The van der Waals surface area contributed by atoms with E-state index in [9.17, 15) is 9.18 Å². The lowest BCUT2D eigenvalue weighted by atomic mass is 10.1. The molecule has 1 aliphatic carbocycles. The lowest BCUT2D eigenvalue weighted by Gasteiger charge is -2.13. The average Bonchev–Trinajstić information content (AvgIpc) is 3.50. The number of hydrogen-bond acceptors (Lipinski definition) is 6. The summed E-state index contributed by atoms with van der Waals surface area (Å²) in [4.78, 5) is 17.3. The number of rotatable bonds is 7. The van der Waals surface area contributed by atoms with Crippen molar-refractivity contribution >= 4 is 11.5 Å². The number of aromatic nitrogens is 6. The maximum absolute atomic E-state index is 13.7. The SMILES string of the molecule is O=c1c(Nc2ccc(F)cc2C2CC2)nccn1-c1ccc(CCc2nn[nH]n2)cc1. The Hall–Kier alpha value is -3.88. The highest BCUT2D eigenvalue weighted by molar-refractivity contribution is 5.62. The monoisotopic (exact) mass is 417 g/mol. The number of nitrogens with one attached hydrogen (secondary N) is 2. The molecule has 2 N–H and O–H groups in total. The van der Waals surface area contributed by atoms with Gasteiger partial charge in [-0.3, -0.25) is 9.36 Å². The first-order chi connectivity index (χ1) is 15.2. The Bertz CT molecular complexity index is 1250. The van der Waals surface area contributed by atoms with Crippen molar-refractivity contribution in [2.45, 2.75) is 31.6 Å². The van der Waals surface area contributed by atoms with Crippen LogP contribution in [0.15, 0.2) is 59.7 Å². The number of aromatic amines is 1. The Morgan fingerprint density at radius 1 is 1.13 bits per heavy atom. The van der Waals surface area contributed by atoms with E-state index in [1.54, 1.807) is 23.0 Å². The van der Waals surface area contributed by atoms with Crippen LogP contribution in [-0.4, -0.2) is 30.2 Å². The number of anilines is 2. The zero-order valence-electron chi connectivity index (χ0n) is 16.6. The highest BCUT2D eigenvalue weighted by Crippen LogP contribution is 2.44. The molecule has 2 heterocycles. The molecule has 0 unspecified atom stereocenters. The molecule has 0 saturated heterocycles. The topological polar surface area (TPSA) is 101 Å². The standard InChI is InChI=1S/C22H20FN7O/c23-16-6-9-19(18(13-16)15-4-5-15)25-21-22(31)30(12-11-24-21)17-7-1-14(2-8-17)3-10-20-26-28-29-27-20/h1-2,6-9,11-13,15H,3-5,10H2,(H,24,25)(H,26,27,28,29). The quantitative estimate of drug-likeness (QED) is 0.479. The van der Waals surface area contributed by atoms with Crippen LogP contribution in [0.25, 0.3) is 5.69 Å². The molecule has 1 aliphatic rings. The number of aryl methyl sites for hydroxylation is 2. The number of nitrogens with zero attached hydrogens (tertiary/aromatic N) is 5. The smallest absolute Gasteiger partial charge is 0.298 e. The number of benzene rings is 2. The minimum Gasteiger partial charge on any atom is -0.335 e. The first kappa shape index (κ1) is 19.1. The molecule has 0 amide bonds. The van der Waals surface area contributed by atoms with E-state index in [0.717, 1.165) is 41.8 Å². The number of tetrazole rings is 1. The highest BCUT2D eigenvalue weighted by Gasteiger charge is 2.27. The van der Waals surface area contributed by atoms with Gasteiger partial charge in [0, 0.05) is 30.2 Å². The molecule has 8 nitrogen and oxygen atoms in total. The number of H-pyrrole nitrogens is 1. The predicted octanol–water partition coefficient (Wildman–Crippen LogP) is 3.29. The van der Waals surface area contributed by atoms with Gasteiger partial charge in [0.2, 0.25) is 0 Å². The van der Waals surface area contributed by atoms with E-state index in [0.29, 0.717) is 18.2 Å². The van der Waals surface area contributed by atoms with Crippen molar-refractivity contribution in [2.24, 2.45) is 0 Å². The molecule has 31 heavy (non-hydrogen) atoms. The first-order valence-corrected chi connectivity index (χ1v) is 10.1. The van der Waals surface area contributed by atoms with Crippen LogP contribution in [0.4, 0.5) is 15.9 Å². The molecule has 9 heteroatoms. The van der Waals surface area contributed by atoms with Crippen LogP contribution in [0.1, 0.15) is 35.7 Å². The summed E-state index contributed by atoms with van der Waals surface area (Å²) in [6.07, 6.45) is 6.72. The molecule has 1 saturated carbocycles. The van der Waals surface area contributed by atoms with Crippen molar-refractivity contribution in [3.05, 3.63) is 88.0 Å². The highest BCUT2D eigenvalue weighted by atomic mass is 19.1. The molecular formula is C22H20FN7O. The van der Waals surface area contributed by atoms with Crippen LogP contribution in [0.2, 0.25) is 0 Å². The Labute approximate surface area is 177 Å². The van der Waals surface area contributed by atoms with Crippen molar-refractivity contribution < 1.29 is 4.39 Å². The Morgan fingerprint density at radius 2 is 1.97 bits per heavy atom. The van der Waals surface area contributed by atoms with Gasteiger partial charge in [-0.25, -0.2) is 9.37 Å². The number of hydrogen-bond donors (Lipinski definition) is 2. The van der Waals surface area contributed by atoms with Crippen molar-refractivity contribution in [3.8, 4) is 5.69 Å². The summed E-state index contributed by atoms with van der Waals surface area (Å²) in [5, 5.41) is 17.0. The third-order valence-corrected chi connectivity index (χ3v) is 5.37. The third kappa shape index (κ3) is 4.20. The lowest BCUT2D eigenvalue weighted by molar-refractivity contribution is 0.626. The first-order valence-electron chi connectivity index (χ1n) is 10.1. The van der Waals surface area contributed by atoms with Crippen LogP contribution in [-0.2, 0) is 12.8 Å². The van der Waals surface area contributed by atoms with Crippen LogP contribution >= 0.6 is 0 Å². The molecule has 5 rings (SSSR count). The van der Waals surface area contributed by atoms with E-state index in [4.69, 9.17) is 0 Å². The van der Waals surface area contributed by atoms with Crippen LogP contribution in [0.5, 0.6) is 0 Å². The van der Waals surface area contributed by atoms with Crippen molar-refractivity contribution in [1.82, 2.24) is 30.2 Å². The molecule has 2 aromatic heterocycles. The van der Waals surface area contributed by atoms with Crippen LogP contribution in [0, 0.1) is 5.82 Å². The Morgan fingerprint density at radius 3 is 2.71 bits per heavy atom. The van der Waals surface area contributed by atoms with E-state index in [1.165, 1.54) is 12.1 Å². The summed E-state index contributed by atoms with van der Waals surface area (Å²) in [7, 11) is 0. The average molecular weight is 417 g/mol. The summed E-state index contributed by atoms with van der Waals surface area (Å²) in [6.45, 7) is 0. The van der Waals surface area contributed by atoms with Gasteiger partial charge in [0.1, 0.15) is 5.82 Å². The van der Waals surface area contributed by atoms with E-state index in [-0.39, 0.29) is 17.2 Å². The van der Waals surface area contributed by atoms with Gasteiger partial charge < -0.3 is 5.32 Å². The largest absolute Gasteiger partial charge is 0.335 e. The molecule has 0 atom stereocenters. The van der Waals surface area contributed by atoms with E-state index in [1.807, 2.05) is 24.3 Å². The van der Waals surface area contributed by atoms with E-state index in [2.05, 4.69) is 30.9 Å². The molecule has 156 valence electrons. The summed E-state index contributed by atoms with van der Waals surface area (Å²) >= 11 is 0. The fourth-order valence-electron chi connectivity index (χ4n) is 3.58. The van der Waals surface area contributed by atoms with Gasteiger partial charge in [0.25, 0.3) is 5.56 Å². The van der Waals surface area contributed by atoms with Gasteiger partial charge in [-0.2, -0.15) is 5.21 Å². The van der Waals surface area contributed by atoms with Gasteiger partial charge in [0.15, 0.2) is 11.6 Å². The minimum absolute atomic E-state index is 0.206. The van der Waals surface area contributed by atoms with Gasteiger partial charge in [-0.05, 0) is 66.6 Å². The van der Waals surface area contributed by atoms with Gasteiger partial charge in [-0.15, -0.1) is 10.2 Å². The van der Waals surface area contributed by atoms with E-state index < -0.39 is 0 Å². The molecule has 2 aromatic carbocycles. The summed E-state index contributed by atoms with van der Waals surface area (Å²) in [6, 6.07) is 12.3. The second-order valence-corrected chi connectivity index (χ2v) is 7.58. The summed E-state index contributed by atoms with van der Waals surface area (Å²) < 4.78 is 15.2. The van der Waals surface area contributed by atoms with Gasteiger partial charge in [-0.1, -0.05) is 17.3 Å². The third-order valence-electron chi connectivity index (χ3n) is 5.37. The fraction of sp³-hybridized carbons (Fsp3) is 0.227. The van der Waals surface area contributed by atoms with E-state index >= 15 is 0 Å². The molecular weight excluding hydrogens is 397 g/mol. The number of halogens is 1. The molecule has 0 bridgehead atoms. The molecule has 0 aliphatic heterocycles. The zero-order valence-corrected chi connectivity index (χ0v) is 16.6. The molecule has 4 aromatic rings. The molecule has 0 radical (unpaired) electrons. The second kappa shape index (κ2) is 8.10. The molecule has 1 fully saturated rings. The normalized spacial score (nSPS) is 13.3. The lowest BCUT2D eigenvalue weighted by Crippen LogP contribution is -2.22. The fourth-order valence-corrected chi connectivity index (χ4v) is 3.58. The van der Waals surface area contributed by atoms with Gasteiger partial charge in [0.05, 0.1) is 0 Å². The Balaban J connectivity index is 1.37. The van der Waals surface area contributed by atoms with Crippen molar-refractivity contribution in [3.63, 3.8) is 0 Å². The van der Waals surface area contributed by atoms with Crippen LogP contribution < -0.4 is 10.9 Å². The molecule has 0 spiro atoms. The van der Waals surface area contributed by atoms with Gasteiger partial charge >= 0.3 is 0 Å². The Kier molecular flexibility index (Phi) is 4.99.